The van der Waals surface area contributed by atoms with Crippen molar-refractivity contribution in [2.75, 3.05) is 27.8 Å². The number of hydrogen-bond donors (Lipinski definition) is 0. The van der Waals surface area contributed by atoms with Crippen molar-refractivity contribution in [3.63, 3.8) is 0 Å². The lowest BCUT2D eigenvalue weighted by atomic mass is 10.2. The minimum atomic E-state index is -3.72. The molecule has 0 saturated carbocycles. The molecule has 0 saturated heterocycles. The molecule has 0 heterocycles. The van der Waals surface area contributed by atoms with Crippen LogP contribution >= 0.6 is 0 Å². The van der Waals surface area contributed by atoms with E-state index in [1.54, 1.807) is 25.1 Å². The molecule has 0 radical (unpaired) electrons. The van der Waals surface area contributed by atoms with Gasteiger partial charge < -0.3 is 9.47 Å². The Labute approximate surface area is 119 Å². The van der Waals surface area contributed by atoms with E-state index in [2.05, 4.69) is 4.74 Å². The van der Waals surface area contributed by atoms with E-state index in [0.717, 1.165) is 4.31 Å². The summed E-state index contributed by atoms with van der Waals surface area (Å²) >= 11 is 0. The van der Waals surface area contributed by atoms with Crippen molar-refractivity contribution in [2.45, 2.75) is 11.8 Å². The van der Waals surface area contributed by atoms with Gasteiger partial charge in [0, 0.05) is 13.6 Å². The lowest BCUT2D eigenvalue weighted by molar-refractivity contribution is -0.144. The molecule has 0 amide bonds. The van der Waals surface area contributed by atoms with Crippen LogP contribution in [-0.2, 0) is 19.6 Å². The molecule has 0 aliphatic rings. The molecular weight excluding hydrogens is 282 g/mol. The van der Waals surface area contributed by atoms with Gasteiger partial charge in [-0.3, -0.25) is 4.79 Å². The minimum Gasteiger partial charge on any atom is -0.495 e. The lowest BCUT2D eigenvalue weighted by Crippen LogP contribution is -2.34. The molecule has 0 spiro atoms. The fourth-order valence-corrected chi connectivity index (χ4v) is 3.17. The molecule has 1 aromatic carbocycles. The van der Waals surface area contributed by atoms with Crippen LogP contribution in [0.25, 0.3) is 0 Å². The number of esters is 1. The van der Waals surface area contributed by atoms with Gasteiger partial charge in [-0.05, 0) is 12.1 Å². The van der Waals surface area contributed by atoms with Gasteiger partial charge in [-0.25, -0.2) is 8.42 Å². The second-order valence-electron chi connectivity index (χ2n) is 4.36. The molecule has 20 heavy (non-hydrogen) atoms. The molecule has 112 valence electrons. The fraction of sp³-hybridized carbons (Fsp3) is 0.462. The van der Waals surface area contributed by atoms with Crippen molar-refractivity contribution in [1.29, 1.82) is 0 Å². The average molecular weight is 301 g/mol. The number of rotatable bonds is 6. The Morgan fingerprint density at radius 2 is 1.90 bits per heavy atom. The van der Waals surface area contributed by atoms with Crippen molar-refractivity contribution in [1.82, 2.24) is 4.31 Å². The summed E-state index contributed by atoms with van der Waals surface area (Å²) < 4.78 is 35.7. The van der Waals surface area contributed by atoms with E-state index < -0.39 is 21.9 Å². The Hall–Kier alpha value is -1.60. The third kappa shape index (κ3) is 3.49. The highest BCUT2D eigenvalue weighted by molar-refractivity contribution is 7.89. The van der Waals surface area contributed by atoms with Gasteiger partial charge in [-0.2, -0.15) is 4.31 Å². The van der Waals surface area contributed by atoms with Crippen LogP contribution in [-0.4, -0.2) is 46.5 Å². The number of hydrogen-bond acceptors (Lipinski definition) is 5. The van der Waals surface area contributed by atoms with Crippen LogP contribution in [0.5, 0.6) is 5.75 Å². The van der Waals surface area contributed by atoms with Crippen LogP contribution in [0, 0.1) is 5.92 Å². The summed E-state index contributed by atoms with van der Waals surface area (Å²) in [6.07, 6.45) is 0. The normalized spacial score (nSPS) is 13.1. The largest absolute Gasteiger partial charge is 0.495 e. The summed E-state index contributed by atoms with van der Waals surface area (Å²) in [5.41, 5.74) is 0. The molecule has 0 aliphatic carbocycles. The molecule has 1 rings (SSSR count). The third-order valence-corrected chi connectivity index (χ3v) is 4.75. The van der Waals surface area contributed by atoms with Crippen molar-refractivity contribution < 1.29 is 22.7 Å². The number of benzene rings is 1. The maximum Gasteiger partial charge on any atom is 0.309 e. The first kappa shape index (κ1) is 16.5. The van der Waals surface area contributed by atoms with Crippen LogP contribution in [0.15, 0.2) is 29.2 Å². The molecule has 0 N–H and O–H groups in total. The monoisotopic (exact) mass is 301 g/mol. The van der Waals surface area contributed by atoms with E-state index in [1.807, 2.05) is 0 Å². The average Bonchev–Trinajstić information content (AvgIpc) is 2.45. The van der Waals surface area contributed by atoms with Gasteiger partial charge in [0.1, 0.15) is 10.6 Å². The molecule has 0 bridgehead atoms. The Bertz CT molecular complexity index is 570. The molecule has 7 heteroatoms. The summed E-state index contributed by atoms with van der Waals surface area (Å²) in [5.74, 6) is -0.730. The van der Waals surface area contributed by atoms with Crippen molar-refractivity contribution in [3.05, 3.63) is 24.3 Å². The predicted molar refractivity (Wildman–Crippen MR) is 74.0 cm³/mol. The van der Waals surface area contributed by atoms with E-state index in [4.69, 9.17) is 4.74 Å². The minimum absolute atomic E-state index is 0.0348. The van der Waals surface area contributed by atoms with Gasteiger partial charge >= 0.3 is 5.97 Å². The number of carbonyl (C=O) groups excluding carboxylic acids is 1. The van der Waals surface area contributed by atoms with Gasteiger partial charge in [0.05, 0.1) is 20.1 Å². The van der Waals surface area contributed by atoms with Crippen molar-refractivity contribution in [3.8, 4) is 5.75 Å². The van der Waals surface area contributed by atoms with E-state index in [1.165, 1.54) is 27.3 Å². The number of ether oxygens (including phenoxy) is 2. The zero-order valence-corrected chi connectivity index (χ0v) is 12.8. The summed E-state index contributed by atoms with van der Waals surface area (Å²) in [7, 11) is 0.379. The Kier molecular flexibility index (Phi) is 5.52. The second kappa shape index (κ2) is 6.71. The molecule has 0 aromatic heterocycles. The number of para-hydroxylation sites is 1. The summed E-state index contributed by atoms with van der Waals surface area (Å²) in [6, 6.07) is 6.35. The van der Waals surface area contributed by atoms with Gasteiger partial charge in [-0.1, -0.05) is 19.1 Å². The van der Waals surface area contributed by atoms with Crippen LogP contribution in [0.2, 0.25) is 0 Å². The zero-order chi connectivity index (χ0) is 15.3. The topological polar surface area (TPSA) is 72.9 Å². The first-order valence-electron chi connectivity index (χ1n) is 6.01. The van der Waals surface area contributed by atoms with Crippen LogP contribution in [0.3, 0.4) is 0 Å². The number of nitrogens with zero attached hydrogens (tertiary/aromatic N) is 1. The van der Waals surface area contributed by atoms with Crippen molar-refractivity contribution >= 4 is 16.0 Å². The maximum atomic E-state index is 12.5. The lowest BCUT2D eigenvalue weighted by Gasteiger charge is -2.21. The number of carbonyl (C=O) groups is 1. The summed E-state index contributed by atoms with van der Waals surface area (Å²) in [4.78, 5) is 11.4. The first-order valence-corrected chi connectivity index (χ1v) is 7.45. The quantitative estimate of drug-likeness (QED) is 0.736. The predicted octanol–water partition coefficient (Wildman–Crippen LogP) is 1.12. The highest BCUT2D eigenvalue weighted by Gasteiger charge is 2.27. The van der Waals surface area contributed by atoms with E-state index >= 15 is 0 Å². The van der Waals surface area contributed by atoms with Crippen LogP contribution in [0.1, 0.15) is 6.92 Å². The van der Waals surface area contributed by atoms with E-state index in [-0.39, 0.29) is 17.2 Å². The van der Waals surface area contributed by atoms with E-state index in [9.17, 15) is 13.2 Å². The molecule has 6 nitrogen and oxygen atoms in total. The smallest absolute Gasteiger partial charge is 0.309 e. The maximum absolute atomic E-state index is 12.5. The highest BCUT2D eigenvalue weighted by atomic mass is 32.2. The van der Waals surface area contributed by atoms with Crippen molar-refractivity contribution in [2.24, 2.45) is 5.92 Å². The second-order valence-corrected chi connectivity index (χ2v) is 6.37. The third-order valence-electron chi connectivity index (χ3n) is 2.89. The van der Waals surface area contributed by atoms with Crippen LogP contribution < -0.4 is 4.74 Å². The molecule has 1 atom stereocenters. The number of methoxy groups -OCH3 is 2. The highest BCUT2D eigenvalue weighted by Crippen LogP contribution is 2.25. The number of sulfonamides is 1. The van der Waals surface area contributed by atoms with Gasteiger partial charge in [0.2, 0.25) is 10.0 Å². The molecule has 0 aliphatic heterocycles. The standard InChI is InChI=1S/C13H19NO5S/c1-10(13(15)19-4)9-14(2)20(16,17)12-8-6-5-7-11(12)18-3/h5-8,10H,9H2,1-4H3/t10-/m1/s1. The molecular formula is C13H19NO5S. The molecule has 0 unspecified atom stereocenters. The first-order chi connectivity index (χ1) is 9.34. The van der Waals surface area contributed by atoms with E-state index in [0.29, 0.717) is 0 Å². The molecule has 1 aromatic rings. The SMILES string of the molecule is COC(=O)[C@H](C)CN(C)S(=O)(=O)c1ccccc1OC. The molecule has 0 fully saturated rings. The zero-order valence-electron chi connectivity index (χ0n) is 12.0. The van der Waals surface area contributed by atoms with Gasteiger partial charge in [-0.15, -0.1) is 0 Å². The Balaban J connectivity index is 3.01. The van der Waals surface area contributed by atoms with Gasteiger partial charge in [0.15, 0.2) is 0 Å². The van der Waals surface area contributed by atoms with Crippen LogP contribution in [0.4, 0.5) is 0 Å². The van der Waals surface area contributed by atoms with Gasteiger partial charge in [0.25, 0.3) is 0 Å². The fourth-order valence-electron chi connectivity index (χ4n) is 1.76. The summed E-state index contributed by atoms with van der Waals surface area (Å²) in [6.45, 7) is 1.65. The summed E-state index contributed by atoms with van der Waals surface area (Å²) in [5, 5.41) is 0. The Morgan fingerprint density at radius 1 is 1.30 bits per heavy atom. The Morgan fingerprint density at radius 3 is 2.45 bits per heavy atom.